The fourth-order valence-electron chi connectivity index (χ4n) is 2.91. The van der Waals surface area contributed by atoms with Gasteiger partial charge >= 0.3 is 0 Å². The lowest BCUT2D eigenvalue weighted by Crippen LogP contribution is -2.04. The summed E-state index contributed by atoms with van der Waals surface area (Å²) in [4.78, 5) is 15.3. The van der Waals surface area contributed by atoms with E-state index < -0.39 is 4.92 Å². The molecule has 0 unspecified atom stereocenters. The first-order chi connectivity index (χ1) is 12.0. The molecule has 3 rings (SSSR count). The van der Waals surface area contributed by atoms with Gasteiger partial charge in [-0.05, 0) is 18.6 Å². The van der Waals surface area contributed by atoms with Gasteiger partial charge < -0.3 is 5.73 Å². The Kier molecular flexibility index (Phi) is 4.14. The van der Waals surface area contributed by atoms with E-state index in [9.17, 15) is 15.4 Å². The number of nitro groups is 1. The zero-order valence-corrected chi connectivity index (χ0v) is 13.4. The largest absolute Gasteiger partial charge is 0.383 e. The van der Waals surface area contributed by atoms with Gasteiger partial charge in [-0.15, -0.1) is 0 Å². The molecule has 2 N–H and O–H groups in total. The number of hydrogen-bond acceptors (Lipinski definition) is 5. The average Bonchev–Trinajstić information content (AvgIpc) is 2.61. The molecule has 0 atom stereocenters. The minimum absolute atomic E-state index is 0.0628. The lowest BCUT2D eigenvalue weighted by molar-refractivity contribution is -0.384. The number of nitrogens with two attached hydrogens (primary N) is 1. The molecule has 0 spiro atoms. The maximum atomic E-state index is 11.5. The molecule has 0 amide bonds. The fraction of sp³-hybridized carbons (Fsp3) is 0.0526. The van der Waals surface area contributed by atoms with E-state index in [0.29, 0.717) is 22.4 Å². The van der Waals surface area contributed by atoms with E-state index in [0.717, 1.165) is 5.56 Å². The standard InChI is InChI=1S/C19H14N4O2/c1-12-17(13-7-3-2-4-8-13)18(15(11-20)19(21)22-12)14-9-5-6-10-16(14)23(24)25/h2-10H,1H3,(H2,21,22). The van der Waals surface area contributed by atoms with E-state index in [1.54, 1.807) is 25.1 Å². The average molecular weight is 330 g/mol. The van der Waals surface area contributed by atoms with Gasteiger partial charge in [-0.1, -0.05) is 42.5 Å². The zero-order chi connectivity index (χ0) is 18.0. The number of nitrogen functional groups attached to an aromatic ring is 1. The van der Waals surface area contributed by atoms with E-state index in [4.69, 9.17) is 5.73 Å². The van der Waals surface area contributed by atoms with Gasteiger partial charge in [-0.3, -0.25) is 10.1 Å². The van der Waals surface area contributed by atoms with Crippen molar-refractivity contribution in [2.75, 3.05) is 5.73 Å². The number of benzene rings is 2. The summed E-state index contributed by atoms with van der Waals surface area (Å²) in [5.74, 6) is 0.0628. The first kappa shape index (κ1) is 16.1. The van der Waals surface area contributed by atoms with Crippen LogP contribution in [0.2, 0.25) is 0 Å². The van der Waals surface area contributed by atoms with Crippen LogP contribution in [0.25, 0.3) is 22.3 Å². The van der Waals surface area contributed by atoms with E-state index in [1.807, 2.05) is 30.3 Å². The van der Waals surface area contributed by atoms with Crippen LogP contribution in [0.1, 0.15) is 11.3 Å². The molecule has 0 aliphatic rings. The highest BCUT2D eigenvalue weighted by Crippen LogP contribution is 2.41. The molecule has 0 fully saturated rings. The molecule has 0 aliphatic heterocycles. The van der Waals surface area contributed by atoms with Crippen molar-refractivity contribution in [3.63, 3.8) is 0 Å². The summed E-state index contributed by atoms with van der Waals surface area (Å²) in [5.41, 5.74) is 8.87. The van der Waals surface area contributed by atoms with Crippen molar-refractivity contribution in [2.24, 2.45) is 0 Å². The molecule has 1 aromatic heterocycles. The minimum Gasteiger partial charge on any atom is -0.383 e. The van der Waals surface area contributed by atoms with Crippen molar-refractivity contribution in [3.8, 4) is 28.3 Å². The van der Waals surface area contributed by atoms with E-state index in [1.165, 1.54) is 6.07 Å². The molecule has 6 nitrogen and oxygen atoms in total. The third-order valence-electron chi connectivity index (χ3n) is 3.95. The minimum atomic E-state index is -0.461. The van der Waals surface area contributed by atoms with Crippen LogP contribution in [0, 0.1) is 28.4 Å². The number of anilines is 1. The third-order valence-corrected chi connectivity index (χ3v) is 3.95. The number of nitriles is 1. The monoisotopic (exact) mass is 330 g/mol. The van der Waals surface area contributed by atoms with E-state index in [2.05, 4.69) is 11.1 Å². The summed E-state index contributed by atoms with van der Waals surface area (Å²) in [5, 5.41) is 21.1. The summed E-state index contributed by atoms with van der Waals surface area (Å²) in [6, 6.07) is 17.7. The molecule has 0 aliphatic carbocycles. The Bertz CT molecular complexity index is 1010. The summed E-state index contributed by atoms with van der Waals surface area (Å²) >= 11 is 0. The van der Waals surface area contributed by atoms with Crippen molar-refractivity contribution in [1.29, 1.82) is 5.26 Å². The number of aromatic nitrogens is 1. The summed E-state index contributed by atoms with van der Waals surface area (Å²) < 4.78 is 0. The highest BCUT2D eigenvalue weighted by Gasteiger charge is 2.24. The molecule has 3 aromatic rings. The number of pyridine rings is 1. The van der Waals surface area contributed by atoms with Crippen LogP contribution in [-0.4, -0.2) is 9.91 Å². The third kappa shape index (κ3) is 2.79. The van der Waals surface area contributed by atoms with Gasteiger partial charge in [0.15, 0.2) is 0 Å². The van der Waals surface area contributed by atoms with Gasteiger partial charge in [0.25, 0.3) is 5.69 Å². The highest BCUT2D eigenvalue weighted by molar-refractivity contribution is 5.93. The lowest BCUT2D eigenvalue weighted by Gasteiger charge is -2.16. The number of hydrogen-bond donors (Lipinski definition) is 1. The zero-order valence-electron chi connectivity index (χ0n) is 13.4. The SMILES string of the molecule is Cc1nc(N)c(C#N)c(-c2ccccc2[N+](=O)[O-])c1-c1ccccc1. The van der Waals surface area contributed by atoms with Crippen molar-refractivity contribution in [3.05, 3.63) is 76.0 Å². The molecule has 6 heteroatoms. The normalized spacial score (nSPS) is 10.2. The second-order valence-corrected chi connectivity index (χ2v) is 5.46. The Morgan fingerprint density at radius 3 is 2.36 bits per heavy atom. The van der Waals surface area contributed by atoms with Gasteiger partial charge in [0.1, 0.15) is 17.5 Å². The topological polar surface area (TPSA) is 106 Å². The van der Waals surface area contributed by atoms with Gasteiger partial charge in [-0.2, -0.15) is 5.26 Å². The quantitative estimate of drug-likeness (QED) is 0.575. The Morgan fingerprint density at radius 1 is 1.08 bits per heavy atom. The molecule has 122 valence electrons. The molecule has 2 aromatic carbocycles. The molecule has 0 saturated carbocycles. The van der Waals surface area contributed by atoms with E-state index >= 15 is 0 Å². The van der Waals surface area contributed by atoms with Gasteiger partial charge in [0.2, 0.25) is 0 Å². The molecule has 0 radical (unpaired) electrons. The van der Waals surface area contributed by atoms with Crippen molar-refractivity contribution >= 4 is 11.5 Å². The van der Waals surface area contributed by atoms with Gasteiger partial charge in [0.05, 0.1) is 10.5 Å². The predicted octanol–water partition coefficient (Wildman–Crippen LogP) is 4.09. The van der Waals surface area contributed by atoms with Crippen LogP contribution >= 0.6 is 0 Å². The smallest absolute Gasteiger partial charge is 0.277 e. The summed E-state index contributed by atoms with van der Waals surface area (Å²) in [6.07, 6.45) is 0. The van der Waals surface area contributed by atoms with Crippen LogP contribution in [0.4, 0.5) is 11.5 Å². The van der Waals surface area contributed by atoms with Crippen LogP contribution in [0.15, 0.2) is 54.6 Å². The van der Waals surface area contributed by atoms with Crippen LogP contribution in [-0.2, 0) is 0 Å². The number of aryl methyl sites for hydroxylation is 1. The number of nitro benzene ring substituents is 1. The number of nitrogens with zero attached hydrogens (tertiary/aromatic N) is 3. The van der Waals surface area contributed by atoms with Gasteiger partial charge in [0, 0.05) is 22.9 Å². The number of para-hydroxylation sites is 1. The maximum absolute atomic E-state index is 11.5. The van der Waals surface area contributed by atoms with E-state index in [-0.39, 0.29) is 17.1 Å². The summed E-state index contributed by atoms with van der Waals surface area (Å²) in [7, 11) is 0. The first-order valence-electron chi connectivity index (χ1n) is 7.54. The molecule has 1 heterocycles. The van der Waals surface area contributed by atoms with Crippen LogP contribution in [0.5, 0.6) is 0 Å². The number of rotatable bonds is 3. The Hall–Kier alpha value is -3.72. The Balaban J connectivity index is 2.48. The second-order valence-electron chi connectivity index (χ2n) is 5.46. The molecule has 25 heavy (non-hydrogen) atoms. The lowest BCUT2D eigenvalue weighted by atomic mass is 9.89. The Morgan fingerprint density at radius 2 is 1.72 bits per heavy atom. The molecular weight excluding hydrogens is 316 g/mol. The van der Waals surface area contributed by atoms with Gasteiger partial charge in [-0.25, -0.2) is 4.98 Å². The molecule has 0 saturated heterocycles. The highest BCUT2D eigenvalue weighted by atomic mass is 16.6. The van der Waals surface area contributed by atoms with Crippen molar-refractivity contribution in [1.82, 2.24) is 4.98 Å². The van der Waals surface area contributed by atoms with Crippen molar-refractivity contribution < 1.29 is 4.92 Å². The Labute approximate surface area is 144 Å². The predicted molar refractivity (Wildman–Crippen MR) is 95.6 cm³/mol. The summed E-state index contributed by atoms with van der Waals surface area (Å²) in [6.45, 7) is 1.78. The van der Waals surface area contributed by atoms with Crippen molar-refractivity contribution in [2.45, 2.75) is 6.92 Å². The molecule has 0 bridgehead atoms. The maximum Gasteiger partial charge on any atom is 0.277 e. The first-order valence-corrected chi connectivity index (χ1v) is 7.54. The van der Waals surface area contributed by atoms with Crippen LogP contribution < -0.4 is 5.73 Å². The second kappa shape index (κ2) is 6.42. The van der Waals surface area contributed by atoms with Crippen LogP contribution in [0.3, 0.4) is 0 Å². The molecular formula is C19H14N4O2. The fourth-order valence-corrected chi connectivity index (χ4v) is 2.91.